The van der Waals surface area contributed by atoms with Crippen LogP contribution < -0.4 is 9.64 Å². The molecule has 0 saturated heterocycles. The van der Waals surface area contributed by atoms with Gasteiger partial charge in [-0.3, -0.25) is 9.69 Å². The summed E-state index contributed by atoms with van der Waals surface area (Å²) in [7, 11) is 0. The van der Waals surface area contributed by atoms with E-state index >= 15 is 0 Å². The van der Waals surface area contributed by atoms with E-state index in [0.29, 0.717) is 11.1 Å². The second kappa shape index (κ2) is 9.46. The van der Waals surface area contributed by atoms with Crippen LogP contribution in [0.25, 0.3) is 11.1 Å². The Bertz CT molecular complexity index is 1150. The highest BCUT2D eigenvalue weighted by molar-refractivity contribution is 6.37. The van der Waals surface area contributed by atoms with Crippen molar-refractivity contribution in [2.24, 2.45) is 0 Å². The van der Waals surface area contributed by atoms with Gasteiger partial charge in [0.1, 0.15) is 5.75 Å². The molecule has 0 radical (unpaired) electrons. The van der Waals surface area contributed by atoms with Crippen molar-refractivity contribution in [2.45, 2.75) is 19.1 Å². The number of carboxylic acid groups (broad SMARTS) is 1. The molecule has 0 saturated carbocycles. The highest BCUT2D eigenvalue weighted by atomic mass is 19.4. The molecule has 0 aromatic heterocycles. The van der Waals surface area contributed by atoms with Crippen LogP contribution in [0.4, 0.5) is 32.0 Å². The summed E-state index contributed by atoms with van der Waals surface area (Å²) in [5.41, 5.74) is 0.628. The summed E-state index contributed by atoms with van der Waals surface area (Å²) in [5, 5.41) is 9.15. The number of amides is 1. The van der Waals surface area contributed by atoms with E-state index in [1.165, 1.54) is 36.4 Å². The first-order valence-corrected chi connectivity index (χ1v) is 9.51. The first-order chi connectivity index (χ1) is 15.8. The lowest BCUT2D eigenvalue weighted by molar-refractivity contribution is -0.274. The van der Waals surface area contributed by atoms with E-state index in [0.717, 1.165) is 41.3 Å². The van der Waals surface area contributed by atoms with Gasteiger partial charge in [-0.2, -0.15) is 13.2 Å². The van der Waals surface area contributed by atoms with Gasteiger partial charge in [0.05, 0.1) is 12.1 Å². The van der Waals surface area contributed by atoms with Crippen molar-refractivity contribution >= 4 is 17.6 Å². The van der Waals surface area contributed by atoms with Crippen LogP contribution in [0.5, 0.6) is 5.75 Å². The van der Waals surface area contributed by atoms with Crippen LogP contribution in [0, 0.1) is 0 Å². The number of carboxylic acids is 1. The van der Waals surface area contributed by atoms with E-state index < -0.39 is 35.7 Å². The fraction of sp³-hybridized carbons (Fsp3) is 0.130. The number of benzene rings is 3. The van der Waals surface area contributed by atoms with Crippen molar-refractivity contribution < 1.29 is 45.8 Å². The van der Waals surface area contributed by atoms with Gasteiger partial charge in [0.25, 0.3) is 0 Å². The van der Waals surface area contributed by atoms with Crippen molar-refractivity contribution in [3.05, 3.63) is 83.9 Å². The number of hydrogen-bond donors (Lipinski definition) is 1. The first-order valence-electron chi connectivity index (χ1n) is 9.51. The number of alkyl halides is 6. The van der Waals surface area contributed by atoms with Crippen molar-refractivity contribution in [3.8, 4) is 16.9 Å². The predicted octanol–water partition coefficient (Wildman–Crippen LogP) is 5.89. The van der Waals surface area contributed by atoms with E-state index in [-0.39, 0.29) is 17.8 Å². The molecule has 0 spiro atoms. The molecule has 0 aliphatic heterocycles. The molecule has 3 aromatic carbocycles. The maximum absolute atomic E-state index is 12.8. The molecule has 178 valence electrons. The molecule has 1 amide bonds. The Balaban J connectivity index is 1.82. The Morgan fingerprint density at radius 2 is 1.26 bits per heavy atom. The summed E-state index contributed by atoms with van der Waals surface area (Å²) in [5.74, 6) is -3.44. The quantitative estimate of drug-likeness (QED) is 0.363. The number of halogens is 6. The normalized spacial score (nSPS) is 11.7. The third kappa shape index (κ3) is 6.27. The second-order valence-electron chi connectivity index (χ2n) is 7.01. The molecule has 0 aliphatic rings. The summed E-state index contributed by atoms with van der Waals surface area (Å²) < 4.78 is 78.9. The molecule has 0 atom stereocenters. The van der Waals surface area contributed by atoms with Gasteiger partial charge in [-0.25, -0.2) is 4.79 Å². The number of carbonyl (C=O) groups excluding carboxylic acids is 1. The van der Waals surface area contributed by atoms with Crippen LogP contribution in [0.1, 0.15) is 11.1 Å². The number of ether oxygens (including phenoxy) is 1. The molecule has 0 aliphatic carbocycles. The Labute approximate surface area is 188 Å². The first kappa shape index (κ1) is 24.6. The molecular weight excluding hydrogens is 468 g/mol. The minimum atomic E-state index is -4.82. The third-order valence-corrected chi connectivity index (χ3v) is 4.65. The van der Waals surface area contributed by atoms with E-state index in [1.807, 2.05) is 0 Å². The second-order valence-corrected chi connectivity index (χ2v) is 7.01. The summed E-state index contributed by atoms with van der Waals surface area (Å²) in [6.45, 7) is -0.300. The molecule has 0 bridgehead atoms. The van der Waals surface area contributed by atoms with Crippen molar-refractivity contribution in [3.63, 3.8) is 0 Å². The van der Waals surface area contributed by atoms with Gasteiger partial charge < -0.3 is 9.84 Å². The zero-order chi connectivity index (χ0) is 25.1. The van der Waals surface area contributed by atoms with Crippen LogP contribution in [0.2, 0.25) is 0 Å². The SMILES string of the molecule is O=C(O)C(=O)N(Cc1ccc(C(F)(F)F)cc1)c1ccc(-c2ccc(OC(F)(F)F)cc2)cc1. The Morgan fingerprint density at radius 3 is 1.71 bits per heavy atom. The maximum atomic E-state index is 12.8. The summed E-state index contributed by atoms with van der Waals surface area (Å²) in [6.07, 6.45) is -9.36. The maximum Gasteiger partial charge on any atom is 0.573 e. The summed E-state index contributed by atoms with van der Waals surface area (Å²) >= 11 is 0. The van der Waals surface area contributed by atoms with Gasteiger partial charge >= 0.3 is 24.4 Å². The lowest BCUT2D eigenvalue weighted by atomic mass is 10.0. The van der Waals surface area contributed by atoms with Crippen LogP contribution in [-0.2, 0) is 22.3 Å². The average molecular weight is 483 g/mol. The molecule has 0 fully saturated rings. The number of rotatable bonds is 5. The topological polar surface area (TPSA) is 66.8 Å². The number of carbonyl (C=O) groups is 2. The van der Waals surface area contributed by atoms with Gasteiger partial charge in [0.2, 0.25) is 0 Å². The Hall–Kier alpha value is -4.02. The number of anilines is 1. The highest BCUT2D eigenvalue weighted by Crippen LogP contribution is 2.30. The molecule has 1 N–H and O–H groups in total. The molecule has 11 heteroatoms. The van der Waals surface area contributed by atoms with Crippen LogP contribution >= 0.6 is 0 Å². The fourth-order valence-electron chi connectivity index (χ4n) is 3.06. The standard InChI is InChI=1S/C23H15F6NO4/c24-22(25,26)17-7-1-14(2-8-17)13-30(20(31)21(32)33)18-9-3-15(4-10-18)16-5-11-19(12-6-16)34-23(27,28)29/h1-12H,13H2,(H,32,33). The minimum absolute atomic E-state index is 0.160. The van der Waals surface area contributed by atoms with Gasteiger partial charge in [-0.15, -0.1) is 13.2 Å². The zero-order valence-corrected chi connectivity index (χ0v) is 17.0. The number of aliphatic carboxylic acids is 1. The smallest absolute Gasteiger partial charge is 0.474 e. The van der Waals surface area contributed by atoms with Gasteiger partial charge in [0.15, 0.2) is 0 Å². The van der Waals surface area contributed by atoms with Gasteiger partial charge in [-0.1, -0.05) is 36.4 Å². The number of nitrogens with zero attached hydrogens (tertiary/aromatic N) is 1. The molecule has 0 heterocycles. The monoisotopic (exact) mass is 483 g/mol. The van der Waals surface area contributed by atoms with Crippen LogP contribution in [0.3, 0.4) is 0 Å². The van der Waals surface area contributed by atoms with E-state index in [1.54, 1.807) is 0 Å². The zero-order valence-electron chi connectivity index (χ0n) is 17.0. The van der Waals surface area contributed by atoms with Crippen molar-refractivity contribution in [2.75, 3.05) is 4.90 Å². The van der Waals surface area contributed by atoms with Gasteiger partial charge in [-0.05, 0) is 53.1 Å². The van der Waals surface area contributed by atoms with E-state index in [2.05, 4.69) is 4.74 Å². The molecule has 0 unspecified atom stereocenters. The molecular formula is C23H15F6NO4. The lowest BCUT2D eigenvalue weighted by Crippen LogP contribution is -2.36. The van der Waals surface area contributed by atoms with Crippen molar-refractivity contribution in [1.82, 2.24) is 0 Å². The summed E-state index contributed by atoms with van der Waals surface area (Å²) in [4.78, 5) is 24.4. The largest absolute Gasteiger partial charge is 0.573 e. The minimum Gasteiger partial charge on any atom is -0.474 e. The molecule has 3 rings (SSSR count). The van der Waals surface area contributed by atoms with Crippen LogP contribution in [0.15, 0.2) is 72.8 Å². The Kier molecular flexibility index (Phi) is 6.85. The Morgan fingerprint density at radius 1 is 0.765 bits per heavy atom. The van der Waals surface area contributed by atoms with Crippen LogP contribution in [-0.4, -0.2) is 23.3 Å². The lowest BCUT2D eigenvalue weighted by Gasteiger charge is -2.21. The van der Waals surface area contributed by atoms with Gasteiger partial charge in [0, 0.05) is 5.69 Å². The molecule has 5 nitrogen and oxygen atoms in total. The highest BCUT2D eigenvalue weighted by Gasteiger charge is 2.31. The molecule has 3 aromatic rings. The third-order valence-electron chi connectivity index (χ3n) is 4.65. The van der Waals surface area contributed by atoms with E-state index in [9.17, 15) is 35.9 Å². The van der Waals surface area contributed by atoms with Crippen molar-refractivity contribution in [1.29, 1.82) is 0 Å². The predicted molar refractivity (Wildman–Crippen MR) is 109 cm³/mol. The van der Waals surface area contributed by atoms with E-state index in [4.69, 9.17) is 5.11 Å². The number of hydrogen-bond acceptors (Lipinski definition) is 3. The summed E-state index contributed by atoms with van der Waals surface area (Å²) in [6, 6.07) is 14.8. The average Bonchev–Trinajstić information content (AvgIpc) is 2.76. The fourth-order valence-corrected chi connectivity index (χ4v) is 3.06. The molecule has 34 heavy (non-hydrogen) atoms.